The maximum atomic E-state index is 14.0. The molecule has 1 amide bonds. The normalized spacial score (nSPS) is 29.7. The summed E-state index contributed by atoms with van der Waals surface area (Å²) < 4.78 is 0. The Balaban J connectivity index is 1.76. The number of hydrogen-bond acceptors (Lipinski definition) is 10. The Morgan fingerprint density at radius 1 is 1.05 bits per heavy atom. The van der Waals surface area contributed by atoms with Gasteiger partial charge in [0.15, 0.2) is 11.4 Å². The van der Waals surface area contributed by atoms with Crippen LogP contribution in [0.3, 0.4) is 0 Å². The fourth-order valence-electron chi connectivity index (χ4n) is 6.59. The van der Waals surface area contributed by atoms with Crippen LogP contribution >= 0.6 is 0 Å². The van der Waals surface area contributed by atoms with Crippen LogP contribution in [0, 0.1) is 11.8 Å². The third-order valence-corrected chi connectivity index (χ3v) is 8.49. The smallest absolute Gasteiger partial charge is 0.255 e. The van der Waals surface area contributed by atoms with Gasteiger partial charge >= 0.3 is 0 Å². The molecule has 2 aromatic rings. The van der Waals surface area contributed by atoms with E-state index in [0.717, 1.165) is 0 Å². The Morgan fingerprint density at radius 2 is 1.68 bits per heavy atom. The lowest BCUT2D eigenvalue weighted by Gasteiger charge is -2.53. The van der Waals surface area contributed by atoms with Crippen LogP contribution in [0.15, 0.2) is 53.3 Å². The van der Waals surface area contributed by atoms with E-state index >= 15 is 0 Å². The fourth-order valence-corrected chi connectivity index (χ4v) is 6.59. The lowest BCUT2D eigenvalue weighted by Crippen LogP contribution is -2.70. The fraction of sp³-hybridized carbons (Fsp3) is 0.310. The Hall–Kier alpha value is -4.32. The second kappa shape index (κ2) is 9.12. The molecule has 1 saturated carbocycles. The van der Waals surface area contributed by atoms with Gasteiger partial charge in [-0.15, -0.1) is 0 Å². The zero-order valence-electron chi connectivity index (χ0n) is 21.8. The minimum Gasteiger partial charge on any atom is -0.508 e. The molecule has 7 N–H and O–H groups in total. The number of benzene rings is 2. The van der Waals surface area contributed by atoms with Crippen LogP contribution in [-0.4, -0.2) is 86.0 Å². The molecule has 0 spiro atoms. The van der Waals surface area contributed by atoms with E-state index in [0.29, 0.717) is 23.0 Å². The summed E-state index contributed by atoms with van der Waals surface area (Å²) in [7, 11) is 2.90. The number of ketones is 2. The highest BCUT2D eigenvalue weighted by Crippen LogP contribution is 2.56. The lowest BCUT2D eigenvalue weighted by molar-refractivity contribution is -0.169. The Bertz CT molecular complexity index is 1560. The molecule has 0 saturated heterocycles. The summed E-state index contributed by atoms with van der Waals surface area (Å²) >= 11 is 0. The number of aliphatic hydroxyl groups is 4. The maximum Gasteiger partial charge on any atom is 0.255 e. The molecular weight excluding hydrogens is 520 g/mol. The van der Waals surface area contributed by atoms with Crippen molar-refractivity contribution < 1.29 is 44.7 Å². The monoisotopic (exact) mass is 548 g/mol. The zero-order valence-corrected chi connectivity index (χ0v) is 21.8. The van der Waals surface area contributed by atoms with Crippen molar-refractivity contribution in [1.82, 2.24) is 4.90 Å². The van der Waals surface area contributed by atoms with Gasteiger partial charge < -0.3 is 31.3 Å². The first-order chi connectivity index (χ1) is 18.8. The third kappa shape index (κ3) is 3.41. The van der Waals surface area contributed by atoms with Gasteiger partial charge in [0.05, 0.1) is 23.6 Å². The first kappa shape index (κ1) is 27.3. The van der Waals surface area contributed by atoms with Crippen LogP contribution in [-0.2, 0) is 14.4 Å². The van der Waals surface area contributed by atoms with E-state index in [9.17, 15) is 44.7 Å². The van der Waals surface area contributed by atoms with Gasteiger partial charge in [-0.3, -0.25) is 24.1 Å². The Kier molecular flexibility index (Phi) is 6.21. The molecule has 40 heavy (non-hydrogen) atoms. The number of fused-ring (bicyclic) bond motifs is 3. The van der Waals surface area contributed by atoms with E-state index < -0.39 is 75.6 Å². The SMILES string of the molecule is CC1c2ccc(-c3ccc(C=O)cc3)c(O)c2C(O)=C2C(=O)C3(O)C(O)=C(C(N)=O)C(=O)C(N(C)C)C3C(O)C21. The Labute approximate surface area is 228 Å². The molecule has 3 aliphatic rings. The van der Waals surface area contributed by atoms with Crippen molar-refractivity contribution in [2.75, 3.05) is 14.1 Å². The van der Waals surface area contributed by atoms with Crippen LogP contribution in [0.2, 0.25) is 0 Å². The van der Waals surface area contributed by atoms with E-state index in [-0.39, 0.29) is 16.9 Å². The second-order valence-corrected chi connectivity index (χ2v) is 10.7. The van der Waals surface area contributed by atoms with Crippen LogP contribution in [0.5, 0.6) is 5.75 Å². The zero-order chi connectivity index (χ0) is 29.4. The third-order valence-electron chi connectivity index (χ3n) is 8.49. The molecule has 6 unspecified atom stereocenters. The molecule has 1 fully saturated rings. The molecule has 208 valence electrons. The number of hydrogen-bond donors (Lipinski definition) is 6. The number of Topliss-reactive ketones (excluding diaryl/α,β-unsaturated/α-hetero) is 2. The first-order valence-electron chi connectivity index (χ1n) is 12.5. The minimum atomic E-state index is -2.97. The molecule has 11 nitrogen and oxygen atoms in total. The largest absolute Gasteiger partial charge is 0.508 e. The summed E-state index contributed by atoms with van der Waals surface area (Å²) in [6.45, 7) is 1.66. The van der Waals surface area contributed by atoms with Crippen molar-refractivity contribution in [3.05, 3.63) is 70.0 Å². The number of aromatic hydroxyl groups is 1. The van der Waals surface area contributed by atoms with Gasteiger partial charge in [0.2, 0.25) is 5.78 Å². The molecule has 0 bridgehead atoms. The van der Waals surface area contributed by atoms with Crippen molar-refractivity contribution in [1.29, 1.82) is 0 Å². The van der Waals surface area contributed by atoms with E-state index in [4.69, 9.17) is 5.73 Å². The minimum absolute atomic E-state index is 0.104. The Morgan fingerprint density at radius 3 is 2.23 bits per heavy atom. The summed E-state index contributed by atoms with van der Waals surface area (Å²) in [6, 6.07) is 8.12. The number of phenols is 1. The number of carbonyl (C=O) groups is 4. The highest BCUT2D eigenvalue weighted by Gasteiger charge is 2.68. The number of amides is 1. The number of aldehydes is 1. The topological polar surface area (TPSA) is 199 Å². The molecule has 0 radical (unpaired) electrons. The molecule has 0 aliphatic heterocycles. The van der Waals surface area contributed by atoms with E-state index in [1.165, 1.54) is 19.0 Å². The van der Waals surface area contributed by atoms with Crippen LogP contribution < -0.4 is 5.73 Å². The average molecular weight is 549 g/mol. The van der Waals surface area contributed by atoms with Gasteiger partial charge in [-0.2, -0.15) is 0 Å². The van der Waals surface area contributed by atoms with Gasteiger partial charge in [0.25, 0.3) is 5.91 Å². The number of nitrogens with two attached hydrogens (primary N) is 1. The molecule has 5 rings (SSSR count). The number of rotatable bonds is 4. The van der Waals surface area contributed by atoms with Crippen LogP contribution in [0.1, 0.15) is 34.3 Å². The van der Waals surface area contributed by atoms with Crippen molar-refractivity contribution >= 4 is 29.5 Å². The number of carbonyl (C=O) groups excluding carboxylic acids is 4. The summed E-state index contributed by atoms with van der Waals surface area (Å²) in [4.78, 5) is 51.8. The first-order valence-corrected chi connectivity index (χ1v) is 12.5. The van der Waals surface area contributed by atoms with E-state index in [1.54, 1.807) is 43.3 Å². The number of primary amides is 1. The number of likely N-dealkylation sites (N-methyl/N-ethyl adjacent to an activating group) is 1. The van der Waals surface area contributed by atoms with Gasteiger partial charge in [-0.1, -0.05) is 43.3 Å². The average Bonchev–Trinajstić information content (AvgIpc) is 2.90. The van der Waals surface area contributed by atoms with E-state index in [2.05, 4.69) is 0 Å². The van der Waals surface area contributed by atoms with Crippen molar-refractivity contribution in [3.63, 3.8) is 0 Å². The second-order valence-electron chi connectivity index (χ2n) is 10.7. The van der Waals surface area contributed by atoms with Crippen LogP contribution in [0.25, 0.3) is 16.9 Å². The van der Waals surface area contributed by atoms with Crippen molar-refractivity contribution in [2.24, 2.45) is 17.6 Å². The van der Waals surface area contributed by atoms with Gasteiger partial charge in [-0.25, -0.2) is 0 Å². The van der Waals surface area contributed by atoms with Crippen molar-refractivity contribution in [3.8, 4) is 16.9 Å². The molecule has 11 heteroatoms. The number of phenolic OH excluding ortho intramolecular Hbond substituents is 1. The summed E-state index contributed by atoms with van der Waals surface area (Å²) in [6.07, 6.45) is -0.992. The molecule has 2 aromatic carbocycles. The van der Waals surface area contributed by atoms with Gasteiger partial charge in [0, 0.05) is 22.6 Å². The van der Waals surface area contributed by atoms with Crippen LogP contribution in [0.4, 0.5) is 0 Å². The summed E-state index contributed by atoms with van der Waals surface area (Å²) in [5, 5.41) is 57.1. The molecule has 6 atom stereocenters. The molecule has 3 aliphatic carbocycles. The predicted octanol–water partition coefficient (Wildman–Crippen LogP) is 0.975. The van der Waals surface area contributed by atoms with Gasteiger partial charge in [-0.05, 0) is 31.1 Å². The number of aliphatic hydroxyl groups excluding tert-OH is 3. The van der Waals surface area contributed by atoms with E-state index in [1.807, 2.05) is 0 Å². The quantitative estimate of drug-likeness (QED) is 0.236. The highest BCUT2D eigenvalue weighted by atomic mass is 16.4. The summed E-state index contributed by atoms with van der Waals surface area (Å²) in [5.74, 6) is -9.39. The standard InChI is InChI=1S/C29H28N2O9/c1-11-14-8-9-15(13-6-4-12(10-32)5-7-13)22(33)17(14)23(34)18-16(11)24(35)20-21(31(2)3)25(36)19(28(30)39)27(38)29(20,40)26(18)37/h4-11,16,20-21,24,33-35,38,40H,1-3H3,(H2,30,39). The van der Waals surface area contributed by atoms with Gasteiger partial charge in [0.1, 0.15) is 29.1 Å². The molecule has 0 heterocycles. The lowest BCUT2D eigenvalue weighted by atomic mass is 9.54. The molecule has 0 aromatic heterocycles. The predicted molar refractivity (Wildman–Crippen MR) is 141 cm³/mol. The number of nitrogens with zero attached hydrogens (tertiary/aromatic N) is 1. The maximum absolute atomic E-state index is 14.0. The highest BCUT2D eigenvalue weighted by molar-refractivity contribution is 6.24. The van der Waals surface area contributed by atoms with Crippen molar-refractivity contribution in [2.45, 2.75) is 30.6 Å². The summed E-state index contributed by atoms with van der Waals surface area (Å²) in [5.41, 5.74) is 2.43. The molecular formula is C29H28N2O9.